The molecule has 0 aromatic heterocycles. The van der Waals surface area contributed by atoms with Crippen molar-refractivity contribution in [1.82, 2.24) is 4.90 Å². The van der Waals surface area contributed by atoms with Gasteiger partial charge in [0.1, 0.15) is 6.61 Å². The molecule has 0 aromatic carbocycles. The number of imide groups is 1. The lowest BCUT2D eigenvalue weighted by Crippen LogP contribution is -2.46. The molecule has 4 nitrogen and oxygen atoms in total. The highest BCUT2D eigenvalue weighted by Gasteiger charge is 2.44. The predicted molar refractivity (Wildman–Crippen MR) is 42.6 cm³/mol. The SMILES string of the molecule is CC[C@@]1(C)COC(=O)N1C(C)=O. The number of nitrogens with zero attached hydrogens (tertiary/aromatic N) is 1. The number of carbonyl (C=O) groups is 2. The van der Waals surface area contributed by atoms with E-state index in [-0.39, 0.29) is 5.91 Å². The zero-order valence-corrected chi connectivity index (χ0v) is 7.59. The van der Waals surface area contributed by atoms with Crippen molar-refractivity contribution in [3.05, 3.63) is 0 Å². The molecule has 1 atom stereocenters. The molecule has 1 fully saturated rings. The fourth-order valence-electron chi connectivity index (χ4n) is 1.34. The summed E-state index contributed by atoms with van der Waals surface area (Å²) in [5.41, 5.74) is -0.442. The van der Waals surface area contributed by atoms with Crippen molar-refractivity contribution >= 4 is 12.0 Å². The van der Waals surface area contributed by atoms with Gasteiger partial charge in [-0.3, -0.25) is 4.79 Å². The van der Waals surface area contributed by atoms with E-state index in [4.69, 9.17) is 4.74 Å². The van der Waals surface area contributed by atoms with E-state index in [0.717, 1.165) is 6.42 Å². The van der Waals surface area contributed by atoms with Crippen LogP contribution >= 0.6 is 0 Å². The summed E-state index contributed by atoms with van der Waals surface area (Å²) in [6.45, 7) is 5.46. The summed E-state index contributed by atoms with van der Waals surface area (Å²) < 4.78 is 4.80. The van der Waals surface area contributed by atoms with Crippen molar-refractivity contribution in [1.29, 1.82) is 0 Å². The van der Waals surface area contributed by atoms with Gasteiger partial charge in [0.15, 0.2) is 0 Å². The molecule has 0 spiro atoms. The van der Waals surface area contributed by atoms with Crippen molar-refractivity contribution in [2.45, 2.75) is 32.7 Å². The molecule has 4 heteroatoms. The monoisotopic (exact) mass is 171 g/mol. The Morgan fingerprint density at radius 3 is 2.67 bits per heavy atom. The summed E-state index contributed by atoms with van der Waals surface area (Å²) >= 11 is 0. The van der Waals surface area contributed by atoms with Crippen LogP contribution in [-0.2, 0) is 9.53 Å². The summed E-state index contributed by atoms with van der Waals surface area (Å²) in [5, 5.41) is 0. The van der Waals surface area contributed by atoms with Gasteiger partial charge in [0.05, 0.1) is 5.54 Å². The number of cyclic esters (lactones) is 1. The second-order valence-corrected chi connectivity index (χ2v) is 3.26. The van der Waals surface area contributed by atoms with Gasteiger partial charge >= 0.3 is 6.09 Å². The first kappa shape index (κ1) is 9.03. The molecule has 0 aromatic rings. The van der Waals surface area contributed by atoms with Crippen molar-refractivity contribution in [2.24, 2.45) is 0 Å². The number of hydrogen-bond acceptors (Lipinski definition) is 3. The average molecular weight is 171 g/mol. The van der Waals surface area contributed by atoms with Gasteiger partial charge in [0, 0.05) is 6.92 Å². The first-order valence-electron chi connectivity index (χ1n) is 3.99. The van der Waals surface area contributed by atoms with Crippen LogP contribution in [-0.4, -0.2) is 29.0 Å². The van der Waals surface area contributed by atoms with E-state index < -0.39 is 11.6 Å². The van der Waals surface area contributed by atoms with Crippen molar-refractivity contribution in [2.75, 3.05) is 6.61 Å². The Kier molecular flexibility index (Phi) is 2.08. The largest absolute Gasteiger partial charge is 0.447 e. The summed E-state index contributed by atoms with van der Waals surface area (Å²) in [6, 6.07) is 0. The number of carbonyl (C=O) groups excluding carboxylic acids is 2. The van der Waals surface area contributed by atoms with E-state index >= 15 is 0 Å². The zero-order valence-electron chi connectivity index (χ0n) is 7.59. The lowest BCUT2D eigenvalue weighted by atomic mass is 9.99. The number of amides is 2. The predicted octanol–water partition coefficient (Wildman–Crippen LogP) is 1.15. The van der Waals surface area contributed by atoms with E-state index in [0.29, 0.717) is 6.61 Å². The van der Waals surface area contributed by atoms with Crippen molar-refractivity contribution < 1.29 is 14.3 Å². The zero-order chi connectivity index (χ0) is 9.35. The minimum absolute atomic E-state index is 0.248. The van der Waals surface area contributed by atoms with Crippen LogP contribution in [0.5, 0.6) is 0 Å². The van der Waals surface area contributed by atoms with Gasteiger partial charge in [-0.15, -0.1) is 0 Å². The standard InChI is InChI=1S/C8H13NO3/c1-4-8(3)5-12-7(11)9(8)6(2)10/h4-5H2,1-3H3/t8-/m0/s1. The van der Waals surface area contributed by atoms with Crippen molar-refractivity contribution in [3.8, 4) is 0 Å². The second-order valence-electron chi connectivity index (χ2n) is 3.26. The fourth-order valence-corrected chi connectivity index (χ4v) is 1.34. The molecule has 1 aliphatic heterocycles. The number of rotatable bonds is 1. The highest BCUT2D eigenvalue weighted by molar-refractivity contribution is 5.92. The summed E-state index contributed by atoms with van der Waals surface area (Å²) in [5.74, 6) is -0.248. The molecule has 0 bridgehead atoms. The van der Waals surface area contributed by atoms with Crippen LogP contribution in [0.1, 0.15) is 27.2 Å². The third-order valence-electron chi connectivity index (χ3n) is 2.31. The van der Waals surface area contributed by atoms with Crippen LogP contribution in [0, 0.1) is 0 Å². The maximum absolute atomic E-state index is 11.1. The van der Waals surface area contributed by atoms with Crippen molar-refractivity contribution in [3.63, 3.8) is 0 Å². The summed E-state index contributed by atoms with van der Waals surface area (Å²) in [7, 11) is 0. The maximum Gasteiger partial charge on any atom is 0.417 e. The third kappa shape index (κ3) is 1.17. The molecule has 2 amide bonds. The lowest BCUT2D eigenvalue weighted by molar-refractivity contribution is -0.129. The van der Waals surface area contributed by atoms with E-state index in [1.165, 1.54) is 11.8 Å². The highest BCUT2D eigenvalue weighted by atomic mass is 16.6. The molecule has 12 heavy (non-hydrogen) atoms. The Labute approximate surface area is 71.5 Å². The fraction of sp³-hybridized carbons (Fsp3) is 0.750. The van der Waals surface area contributed by atoms with Gasteiger partial charge in [-0.2, -0.15) is 0 Å². The molecule has 68 valence electrons. The Morgan fingerprint density at radius 2 is 2.33 bits per heavy atom. The molecular formula is C8H13NO3. The lowest BCUT2D eigenvalue weighted by Gasteiger charge is -2.27. The normalized spacial score (nSPS) is 28.9. The van der Waals surface area contributed by atoms with E-state index in [2.05, 4.69) is 0 Å². The Bertz CT molecular complexity index is 226. The topological polar surface area (TPSA) is 46.6 Å². The quantitative estimate of drug-likeness (QED) is 0.594. The second kappa shape index (κ2) is 2.77. The third-order valence-corrected chi connectivity index (χ3v) is 2.31. The Morgan fingerprint density at radius 1 is 1.75 bits per heavy atom. The molecular weight excluding hydrogens is 158 g/mol. The Hall–Kier alpha value is -1.06. The van der Waals surface area contributed by atoms with Gasteiger partial charge in [-0.25, -0.2) is 9.69 Å². The van der Waals surface area contributed by atoms with Crippen LogP contribution in [0.4, 0.5) is 4.79 Å². The van der Waals surface area contributed by atoms with E-state index in [1.807, 2.05) is 13.8 Å². The maximum atomic E-state index is 11.1. The Balaban J connectivity index is 2.91. The van der Waals surface area contributed by atoms with Crippen LogP contribution in [0.2, 0.25) is 0 Å². The van der Waals surface area contributed by atoms with Gasteiger partial charge in [-0.1, -0.05) is 6.92 Å². The van der Waals surface area contributed by atoms with E-state index in [1.54, 1.807) is 0 Å². The molecule has 1 saturated heterocycles. The molecule has 1 rings (SSSR count). The minimum Gasteiger partial charge on any atom is -0.447 e. The van der Waals surface area contributed by atoms with Crippen LogP contribution < -0.4 is 0 Å². The molecule has 0 aliphatic carbocycles. The van der Waals surface area contributed by atoms with Gasteiger partial charge < -0.3 is 4.74 Å². The first-order chi connectivity index (χ1) is 5.51. The van der Waals surface area contributed by atoms with Gasteiger partial charge in [0.2, 0.25) is 5.91 Å². The number of ether oxygens (including phenoxy) is 1. The molecule has 0 radical (unpaired) electrons. The van der Waals surface area contributed by atoms with Gasteiger partial charge in [-0.05, 0) is 13.3 Å². The first-order valence-corrected chi connectivity index (χ1v) is 3.99. The highest BCUT2D eigenvalue weighted by Crippen LogP contribution is 2.26. The minimum atomic E-state index is -0.521. The molecule has 0 unspecified atom stereocenters. The number of hydrogen-bond donors (Lipinski definition) is 0. The molecule has 1 heterocycles. The smallest absolute Gasteiger partial charge is 0.417 e. The molecule has 1 aliphatic rings. The summed E-state index contributed by atoms with van der Waals surface area (Å²) in [4.78, 5) is 23.3. The summed E-state index contributed by atoms with van der Waals surface area (Å²) in [6.07, 6.45) is 0.199. The van der Waals surface area contributed by atoms with Gasteiger partial charge in [0.25, 0.3) is 0 Å². The molecule has 0 N–H and O–H groups in total. The van der Waals surface area contributed by atoms with Crippen LogP contribution in [0.3, 0.4) is 0 Å². The van der Waals surface area contributed by atoms with Crippen LogP contribution in [0.15, 0.2) is 0 Å². The van der Waals surface area contributed by atoms with E-state index in [9.17, 15) is 9.59 Å². The average Bonchev–Trinajstić information content (AvgIpc) is 2.28. The van der Waals surface area contributed by atoms with Crippen LogP contribution in [0.25, 0.3) is 0 Å². The molecule has 0 saturated carbocycles.